The zero-order valence-electron chi connectivity index (χ0n) is 19.9. The van der Waals surface area contributed by atoms with E-state index in [2.05, 4.69) is 76.7 Å². The van der Waals surface area contributed by atoms with Gasteiger partial charge in [-0.3, -0.25) is 4.98 Å². The Morgan fingerprint density at radius 3 is 2.37 bits per heavy atom. The number of fused-ring (bicyclic) bond motifs is 6. The quantitative estimate of drug-likeness (QED) is 0.236. The average molecular weight is 454 g/mol. The molecule has 0 N–H and O–H groups in total. The van der Waals surface area contributed by atoms with Crippen LogP contribution in [0.25, 0.3) is 43.6 Å². The molecule has 6 aromatic rings. The number of hydrogen-bond acceptors (Lipinski definition) is 3. The van der Waals surface area contributed by atoms with Crippen molar-refractivity contribution >= 4 is 32.4 Å². The topological polar surface area (TPSA) is 38.7 Å². The van der Waals surface area contributed by atoms with Crippen molar-refractivity contribution in [3.05, 3.63) is 115 Å². The summed E-state index contributed by atoms with van der Waals surface area (Å²) in [7, 11) is 0. The highest BCUT2D eigenvalue weighted by Gasteiger charge is 2.19. The Morgan fingerprint density at radius 1 is 0.686 bits per heavy atom. The number of aryl methyl sites for hydroxylation is 1. The van der Waals surface area contributed by atoms with Gasteiger partial charge in [-0.05, 0) is 93.2 Å². The Bertz CT molecular complexity index is 1570. The third kappa shape index (κ3) is 4.04. The van der Waals surface area contributed by atoms with Crippen molar-refractivity contribution in [1.82, 2.24) is 15.2 Å². The number of rotatable bonds is 1. The van der Waals surface area contributed by atoms with Gasteiger partial charge in [0.15, 0.2) is 0 Å². The summed E-state index contributed by atoms with van der Waals surface area (Å²) in [6.45, 7) is 2.37. The highest BCUT2D eigenvalue weighted by atomic mass is 15.1. The molecular weight excluding hydrogens is 426 g/mol. The fraction of sp³-hybridized carbons (Fsp3) is 0.156. The summed E-state index contributed by atoms with van der Waals surface area (Å²) in [4.78, 5) is 4.16. The maximum absolute atomic E-state index is 4.16. The van der Waals surface area contributed by atoms with Crippen molar-refractivity contribution < 1.29 is 0 Å². The summed E-state index contributed by atoms with van der Waals surface area (Å²) in [5.74, 6) is 0.687. The second kappa shape index (κ2) is 9.27. The molecule has 0 spiro atoms. The number of benzene rings is 4. The molecule has 1 unspecified atom stereocenters. The SMILES string of the molecule is CC1CCCc2c1ccc1c2ccc2c(-c3ccncc3)cccc21.c1ccc2nnccc2c1. The number of aromatic nitrogens is 3. The molecule has 1 aliphatic carbocycles. The molecule has 1 aliphatic rings. The van der Waals surface area contributed by atoms with Crippen molar-refractivity contribution in [3.8, 4) is 11.1 Å². The van der Waals surface area contributed by atoms with Crippen LogP contribution in [0.4, 0.5) is 0 Å². The van der Waals surface area contributed by atoms with Crippen LogP contribution in [0.5, 0.6) is 0 Å². The van der Waals surface area contributed by atoms with Crippen LogP contribution >= 0.6 is 0 Å². The Kier molecular flexibility index (Phi) is 5.67. The third-order valence-electron chi connectivity index (χ3n) is 7.22. The van der Waals surface area contributed by atoms with Gasteiger partial charge < -0.3 is 0 Å². The van der Waals surface area contributed by atoms with Crippen molar-refractivity contribution in [3.63, 3.8) is 0 Å². The minimum Gasteiger partial charge on any atom is -0.265 e. The monoisotopic (exact) mass is 453 g/mol. The van der Waals surface area contributed by atoms with Gasteiger partial charge in [-0.15, -0.1) is 0 Å². The van der Waals surface area contributed by atoms with Crippen LogP contribution in [0, 0.1) is 0 Å². The normalized spacial score (nSPS) is 14.9. The fourth-order valence-corrected chi connectivity index (χ4v) is 5.45. The predicted molar refractivity (Wildman–Crippen MR) is 146 cm³/mol. The third-order valence-corrected chi connectivity index (χ3v) is 7.22. The van der Waals surface area contributed by atoms with Crippen molar-refractivity contribution in [2.45, 2.75) is 32.1 Å². The van der Waals surface area contributed by atoms with Crippen LogP contribution < -0.4 is 0 Å². The zero-order chi connectivity index (χ0) is 23.6. The Morgan fingerprint density at radius 2 is 1.49 bits per heavy atom. The lowest BCUT2D eigenvalue weighted by Gasteiger charge is -2.24. The van der Waals surface area contributed by atoms with Crippen LogP contribution in [-0.4, -0.2) is 15.2 Å². The first-order valence-corrected chi connectivity index (χ1v) is 12.3. The summed E-state index contributed by atoms with van der Waals surface area (Å²) in [6, 6.07) is 30.1. The molecule has 0 aliphatic heterocycles. The summed E-state index contributed by atoms with van der Waals surface area (Å²) in [5.41, 5.74) is 6.60. The van der Waals surface area contributed by atoms with Gasteiger partial charge in [-0.1, -0.05) is 67.6 Å². The Balaban J connectivity index is 0.000000191. The van der Waals surface area contributed by atoms with Crippen LogP contribution in [0.1, 0.15) is 36.8 Å². The molecule has 170 valence electrons. The minimum absolute atomic E-state index is 0.687. The molecule has 0 saturated carbocycles. The van der Waals surface area contributed by atoms with Gasteiger partial charge in [0.05, 0.1) is 11.7 Å². The van der Waals surface area contributed by atoms with Gasteiger partial charge in [-0.25, -0.2) is 0 Å². The minimum atomic E-state index is 0.687. The summed E-state index contributed by atoms with van der Waals surface area (Å²) in [6.07, 6.45) is 9.27. The van der Waals surface area contributed by atoms with Crippen molar-refractivity contribution in [1.29, 1.82) is 0 Å². The molecular formula is C32H27N3. The number of hydrogen-bond donors (Lipinski definition) is 0. The molecule has 3 nitrogen and oxygen atoms in total. The Hall–Kier alpha value is -4.11. The lowest BCUT2D eigenvalue weighted by Crippen LogP contribution is -2.07. The molecule has 3 heteroatoms. The largest absolute Gasteiger partial charge is 0.265 e. The zero-order valence-corrected chi connectivity index (χ0v) is 19.9. The van der Waals surface area contributed by atoms with Gasteiger partial charge in [-0.2, -0.15) is 10.2 Å². The van der Waals surface area contributed by atoms with E-state index in [0.29, 0.717) is 5.92 Å². The van der Waals surface area contributed by atoms with Crippen LogP contribution in [0.3, 0.4) is 0 Å². The first-order valence-electron chi connectivity index (χ1n) is 12.3. The molecule has 0 amide bonds. The molecule has 35 heavy (non-hydrogen) atoms. The number of nitrogens with zero attached hydrogens (tertiary/aromatic N) is 3. The molecule has 4 aromatic carbocycles. The van der Waals surface area contributed by atoms with Crippen LogP contribution in [-0.2, 0) is 6.42 Å². The second-order valence-corrected chi connectivity index (χ2v) is 9.31. The summed E-state index contributed by atoms with van der Waals surface area (Å²) >= 11 is 0. The van der Waals surface area contributed by atoms with Gasteiger partial charge in [0.25, 0.3) is 0 Å². The first-order chi connectivity index (χ1) is 17.3. The molecule has 2 aromatic heterocycles. The lowest BCUT2D eigenvalue weighted by molar-refractivity contribution is 0.593. The summed E-state index contributed by atoms with van der Waals surface area (Å²) in [5, 5.41) is 14.3. The Labute approximate surface area is 205 Å². The highest BCUT2D eigenvalue weighted by molar-refractivity contribution is 6.13. The highest BCUT2D eigenvalue weighted by Crippen LogP contribution is 2.39. The van der Waals surface area contributed by atoms with Gasteiger partial charge in [0, 0.05) is 17.8 Å². The van der Waals surface area contributed by atoms with Crippen LogP contribution in [0.15, 0.2) is 104 Å². The molecule has 0 fully saturated rings. The molecule has 7 rings (SSSR count). The van der Waals surface area contributed by atoms with E-state index in [-0.39, 0.29) is 0 Å². The van der Waals surface area contributed by atoms with Crippen LogP contribution in [0.2, 0.25) is 0 Å². The van der Waals surface area contributed by atoms with E-state index in [1.54, 1.807) is 17.3 Å². The maximum Gasteiger partial charge on any atom is 0.0929 e. The van der Waals surface area contributed by atoms with E-state index in [0.717, 1.165) is 10.9 Å². The van der Waals surface area contributed by atoms with E-state index < -0.39 is 0 Å². The van der Waals surface area contributed by atoms with Crippen molar-refractivity contribution in [2.75, 3.05) is 0 Å². The lowest BCUT2D eigenvalue weighted by atomic mass is 9.80. The molecule has 2 heterocycles. The fourth-order valence-electron chi connectivity index (χ4n) is 5.45. The first kappa shape index (κ1) is 21.4. The van der Waals surface area contributed by atoms with Gasteiger partial charge >= 0.3 is 0 Å². The second-order valence-electron chi connectivity index (χ2n) is 9.31. The van der Waals surface area contributed by atoms with Gasteiger partial charge in [0.2, 0.25) is 0 Å². The van der Waals surface area contributed by atoms with E-state index in [9.17, 15) is 0 Å². The smallest absolute Gasteiger partial charge is 0.0929 e. The summed E-state index contributed by atoms with van der Waals surface area (Å²) < 4.78 is 0. The predicted octanol–water partition coefficient (Wildman–Crippen LogP) is 8.12. The van der Waals surface area contributed by atoms with E-state index in [1.165, 1.54) is 51.9 Å². The molecule has 0 bridgehead atoms. The molecule has 0 saturated heterocycles. The standard InChI is InChI=1S/C24H21N.C8H6N2/c1-16-4-2-6-20-18(16)8-9-24-21-7-3-5-19(17-12-14-25-15-13-17)22(21)10-11-23(20)24;1-2-4-8-7(3-1)5-6-9-10-8/h3,5,7-16H,2,4,6H2,1H3;1-6H. The average Bonchev–Trinajstić information content (AvgIpc) is 2.93. The van der Waals surface area contributed by atoms with E-state index in [4.69, 9.17) is 0 Å². The van der Waals surface area contributed by atoms with Gasteiger partial charge in [0.1, 0.15) is 0 Å². The maximum atomic E-state index is 4.16. The number of pyridine rings is 1. The van der Waals surface area contributed by atoms with E-state index >= 15 is 0 Å². The molecule has 0 radical (unpaired) electrons. The van der Waals surface area contributed by atoms with Crippen molar-refractivity contribution in [2.24, 2.45) is 0 Å². The van der Waals surface area contributed by atoms with E-state index in [1.807, 2.05) is 42.7 Å². The molecule has 1 atom stereocenters.